The first-order valence-electron chi connectivity index (χ1n) is 12.5. The van der Waals surface area contributed by atoms with Gasteiger partial charge in [0, 0.05) is 11.9 Å². The summed E-state index contributed by atoms with van der Waals surface area (Å²) in [4.78, 5) is 15.0. The Bertz CT molecular complexity index is 895. The number of thiocarbonyl (C=S) groups is 1. The zero-order valence-corrected chi connectivity index (χ0v) is 24.9. The summed E-state index contributed by atoms with van der Waals surface area (Å²) in [6, 6.07) is 10.2. The second kappa shape index (κ2) is 13.3. The maximum atomic E-state index is 13.3. The minimum atomic E-state index is -2.03. The molecule has 1 aliphatic heterocycles. The first-order chi connectivity index (χ1) is 16.3. The molecule has 2 rings (SSSR count). The number of benzene rings is 1. The van der Waals surface area contributed by atoms with Gasteiger partial charge in [0.05, 0.1) is 18.6 Å². The van der Waals surface area contributed by atoms with E-state index in [0.717, 1.165) is 25.0 Å². The Labute approximate surface area is 223 Å². The zero-order chi connectivity index (χ0) is 26.2. The van der Waals surface area contributed by atoms with Crippen LogP contribution in [0.15, 0.2) is 54.6 Å². The van der Waals surface area contributed by atoms with Crippen molar-refractivity contribution in [3.63, 3.8) is 0 Å². The Morgan fingerprint density at radius 2 is 2.00 bits per heavy atom. The highest BCUT2D eigenvalue weighted by Gasteiger charge is 2.40. The molecule has 1 N–H and O–H groups in total. The van der Waals surface area contributed by atoms with Crippen LogP contribution in [-0.2, 0) is 15.6 Å². The molecular formula is C28H43NO3S2Si. The number of aliphatic hydroxyl groups excluding tert-OH is 1. The number of nitrogens with zero attached hydrogens (tertiary/aromatic N) is 1. The summed E-state index contributed by atoms with van der Waals surface area (Å²) in [5.41, 5.74) is 2.42. The fraction of sp³-hybridized carbons (Fsp3) is 0.571. The van der Waals surface area contributed by atoms with E-state index in [9.17, 15) is 9.90 Å². The van der Waals surface area contributed by atoms with E-state index in [1.165, 1.54) is 11.1 Å². The Balaban J connectivity index is 2.06. The van der Waals surface area contributed by atoms with Crippen molar-refractivity contribution >= 4 is 42.5 Å². The van der Waals surface area contributed by atoms with Crippen molar-refractivity contribution in [3.8, 4) is 0 Å². The zero-order valence-electron chi connectivity index (χ0n) is 22.3. The topological polar surface area (TPSA) is 49.8 Å². The Kier molecular flexibility index (Phi) is 11.4. The lowest BCUT2D eigenvalue weighted by molar-refractivity contribution is -0.130. The molecule has 1 fully saturated rings. The predicted molar refractivity (Wildman–Crippen MR) is 156 cm³/mol. The third-order valence-electron chi connectivity index (χ3n) is 7.02. The van der Waals surface area contributed by atoms with E-state index in [1.807, 2.05) is 24.3 Å². The van der Waals surface area contributed by atoms with Crippen molar-refractivity contribution in [1.29, 1.82) is 0 Å². The number of hydrogen-bond acceptors (Lipinski definition) is 5. The van der Waals surface area contributed by atoms with E-state index in [-0.39, 0.29) is 29.5 Å². The van der Waals surface area contributed by atoms with Gasteiger partial charge in [-0.05, 0) is 56.3 Å². The average Bonchev–Trinajstić information content (AvgIpc) is 3.11. The average molecular weight is 534 g/mol. The molecule has 1 aromatic carbocycles. The van der Waals surface area contributed by atoms with Crippen LogP contribution in [-0.4, -0.2) is 52.6 Å². The summed E-state index contributed by atoms with van der Waals surface area (Å²) in [7, 11) is -2.03. The SMILES string of the molecule is C=C/C=C(\C)CC[C@@H](C[C@@H](O)CC(=O)N1C(=S)SC[C@@H]1Cc1ccccc1)O[Si](C)(C)C(C)(C)C. The van der Waals surface area contributed by atoms with Crippen molar-refractivity contribution in [3.05, 3.63) is 60.2 Å². The van der Waals surface area contributed by atoms with E-state index >= 15 is 0 Å². The van der Waals surface area contributed by atoms with E-state index in [0.29, 0.717) is 10.7 Å². The lowest BCUT2D eigenvalue weighted by Gasteiger charge is -2.40. The highest BCUT2D eigenvalue weighted by atomic mass is 32.2. The van der Waals surface area contributed by atoms with Gasteiger partial charge < -0.3 is 9.53 Å². The van der Waals surface area contributed by atoms with Crippen molar-refractivity contribution < 1.29 is 14.3 Å². The molecule has 194 valence electrons. The third kappa shape index (κ3) is 9.28. The maximum Gasteiger partial charge on any atom is 0.230 e. The standard InChI is InChI=1S/C28H43NO3S2Si/c1-8-12-21(2)15-16-25(32-35(6,7)28(3,4)5)18-24(30)19-26(31)29-23(20-34-27(29)33)17-22-13-10-9-11-14-22/h8-14,23-25,30H,1,15-20H2,2-7H3/b21-12+/t23-,24+,25-/m0/s1. The molecule has 1 aliphatic rings. The fourth-order valence-electron chi connectivity index (χ4n) is 3.98. The highest BCUT2D eigenvalue weighted by Crippen LogP contribution is 2.38. The van der Waals surface area contributed by atoms with Gasteiger partial charge in [-0.3, -0.25) is 9.69 Å². The van der Waals surface area contributed by atoms with E-state index in [2.05, 4.69) is 59.5 Å². The molecule has 0 unspecified atom stereocenters. The number of carbonyl (C=O) groups excluding carboxylic acids is 1. The first kappa shape index (κ1) is 30.0. The molecule has 0 bridgehead atoms. The number of amides is 1. The molecule has 7 heteroatoms. The van der Waals surface area contributed by atoms with Gasteiger partial charge in [0.1, 0.15) is 4.32 Å². The van der Waals surface area contributed by atoms with Gasteiger partial charge in [-0.15, -0.1) is 0 Å². The molecule has 0 saturated carbocycles. The Hall–Kier alpha value is -1.25. The van der Waals surface area contributed by atoms with Gasteiger partial charge in [0.15, 0.2) is 8.32 Å². The monoisotopic (exact) mass is 533 g/mol. The molecule has 1 aromatic rings. The first-order valence-corrected chi connectivity index (χ1v) is 16.8. The number of thioether (sulfide) groups is 1. The summed E-state index contributed by atoms with van der Waals surface area (Å²) in [5, 5.41) is 11.1. The summed E-state index contributed by atoms with van der Waals surface area (Å²) in [6.07, 6.45) is 5.89. The molecule has 0 spiro atoms. The maximum absolute atomic E-state index is 13.3. The predicted octanol–water partition coefficient (Wildman–Crippen LogP) is 6.90. The number of aliphatic hydroxyl groups is 1. The summed E-state index contributed by atoms with van der Waals surface area (Å²) in [5.74, 6) is 0.698. The second-order valence-electron chi connectivity index (χ2n) is 11.1. The molecule has 0 aromatic heterocycles. The number of allylic oxidation sites excluding steroid dienone is 3. The van der Waals surface area contributed by atoms with Gasteiger partial charge in [0.25, 0.3) is 0 Å². The van der Waals surface area contributed by atoms with Crippen molar-refractivity contribution in [2.24, 2.45) is 0 Å². The normalized spacial score (nSPS) is 19.1. The molecule has 1 amide bonds. The number of carbonyl (C=O) groups is 1. The van der Waals surface area contributed by atoms with Crippen LogP contribution in [0.2, 0.25) is 18.1 Å². The van der Waals surface area contributed by atoms with E-state index in [1.54, 1.807) is 22.7 Å². The third-order valence-corrected chi connectivity index (χ3v) is 13.1. The minimum absolute atomic E-state index is 0.0283. The molecule has 0 aliphatic carbocycles. The number of rotatable bonds is 12. The lowest BCUT2D eigenvalue weighted by Crippen LogP contribution is -2.45. The van der Waals surface area contributed by atoms with Crippen molar-refractivity contribution in [2.45, 2.75) is 96.2 Å². The van der Waals surface area contributed by atoms with Gasteiger partial charge in [0.2, 0.25) is 5.91 Å². The Morgan fingerprint density at radius 1 is 1.34 bits per heavy atom. The lowest BCUT2D eigenvalue weighted by atomic mass is 10.0. The van der Waals surface area contributed by atoms with Crippen LogP contribution in [0.25, 0.3) is 0 Å². The van der Waals surface area contributed by atoms with E-state index in [4.69, 9.17) is 16.6 Å². The number of hydrogen-bond donors (Lipinski definition) is 1. The molecule has 1 heterocycles. The largest absolute Gasteiger partial charge is 0.414 e. The fourth-order valence-corrected chi connectivity index (χ4v) is 6.83. The van der Waals surface area contributed by atoms with Crippen LogP contribution in [0, 0.1) is 0 Å². The summed E-state index contributed by atoms with van der Waals surface area (Å²) < 4.78 is 7.31. The molecule has 4 nitrogen and oxygen atoms in total. The second-order valence-corrected chi connectivity index (χ2v) is 17.5. The molecule has 3 atom stereocenters. The summed E-state index contributed by atoms with van der Waals surface area (Å²) >= 11 is 7.06. The van der Waals surface area contributed by atoms with Gasteiger partial charge in [-0.25, -0.2) is 0 Å². The van der Waals surface area contributed by atoms with Gasteiger partial charge in [-0.2, -0.15) is 0 Å². The van der Waals surface area contributed by atoms with Crippen molar-refractivity contribution in [1.82, 2.24) is 4.90 Å². The molecule has 35 heavy (non-hydrogen) atoms. The van der Waals surface area contributed by atoms with Crippen LogP contribution < -0.4 is 0 Å². The molecule has 1 saturated heterocycles. The summed E-state index contributed by atoms with van der Waals surface area (Å²) in [6.45, 7) is 17.0. The highest BCUT2D eigenvalue weighted by molar-refractivity contribution is 8.23. The van der Waals surface area contributed by atoms with Crippen molar-refractivity contribution in [2.75, 3.05) is 5.75 Å². The van der Waals surface area contributed by atoms with Crippen LogP contribution in [0.5, 0.6) is 0 Å². The van der Waals surface area contributed by atoms with Crippen LogP contribution in [0.3, 0.4) is 0 Å². The quantitative estimate of drug-likeness (QED) is 0.180. The molecular weight excluding hydrogens is 491 g/mol. The Morgan fingerprint density at radius 3 is 2.60 bits per heavy atom. The van der Waals surface area contributed by atoms with E-state index < -0.39 is 14.4 Å². The van der Waals surface area contributed by atoms with Gasteiger partial charge >= 0.3 is 0 Å². The van der Waals surface area contributed by atoms with Crippen LogP contribution >= 0.6 is 24.0 Å². The van der Waals surface area contributed by atoms with Crippen LogP contribution in [0.4, 0.5) is 0 Å². The smallest absolute Gasteiger partial charge is 0.230 e. The van der Waals surface area contributed by atoms with Gasteiger partial charge in [-0.1, -0.05) is 99.4 Å². The molecule has 0 radical (unpaired) electrons. The van der Waals surface area contributed by atoms with Crippen LogP contribution in [0.1, 0.15) is 58.9 Å². The minimum Gasteiger partial charge on any atom is -0.414 e.